The number of carbonyl (C=O) groups is 4. The minimum Gasteiger partial charge on any atom is -0.479 e. The number of carbonyl (C=O) groups excluding carboxylic acids is 3. The fraction of sp³-hybridized carbons (Fsp3) is 0.754. The number of aliphatic hydroxyl groups excluding tert-OH is 2. The maximum Gasteiger partial charge on any atom is 0.335 e. The van der Waals surface area contributed by atoms with E-state index in [2.05, 4.69) is 93.7 Å². The first-order valence-corrected chi connectivity index (χ1v) is 30.9. The summed E-state index contributed by atoms with van der Waals surface area (Å²) in [5.74, 6) is -3.16. The molecular formula is C65H110O12. The van der Waals surface area contributed by atoms with Crippen LogP contribution in [0.25, 0.3) is 0 Å². The van der Waals surface area contributed by atoms with Gasteiger partial charge in [0.05, 0.1) is 6.61 Å². The molecule has 0 aromatic carbocycles. The van der Waals surface area contributed by atoms with Crippen molar-refractivity contribution in [3.05, 3.63) is 72.9 Å². The molecule has 12 nitrogen and oxygen atoms in total. The van der Waals surface area contributed by atoms with Gasteiger partial charge in [-0.1, -0.05) is 229 Å². The van der Waals surface area contributed by atoms with Gasteiger partial charge in [-0.3, -0.25) is 14.4 Å². The van der Waals surface area contributed by atoms with Gasteiger partial charge in [-0.15, -0.1) is 0 Å². The Kier molecular flexibility index (Phi) is 48.8. The molecule has 3 N–H and O–H groups in total. The lowest BCUT2D eigenvalue weighted by Gasteiger charge is -2.40. The van der Waals surface area contributed by atoms with Crippen LogP contribution >= 0.6 is 0 Å². The van der Waals surface area contributed by atoms with Crippen molar-refractivity contribution in [3.63, 3.8) is 0 Å². The average Bonchev–Trinajstić information content (AvgIpc) is 3.42. The number of ether oxygens (including phenoxy) is 5. The van der Waals surface area contributed by atoms with Crippen molar-refractivity contribution in [1.29, 1.82) is 0 Å². The Labute approximate surface area is 468 Å². The molecule has 0 spiro atoms. The van der Waals surface area contributed by atoms with Crippen molar-refractivity contribution in [3.8, 4) is 0 Å². The highest BCUT2D eigenvalue weighted by molar-refractivity contribution is 5.74. The zero-order chi connectivity index (χ0) is 56.1. The molecule has 6 unspecified atom stereocenters. The summed E-state index contributed by atoms with van der Waals surface area (Å²) in [6.45, 7) is 5.85. The van der Waals surface area contributed by atoms with Crippen LogP contribution in [0.4, 0.5) is 0 Å². The molecule has 1 fully saturated rings. The largest absolute Gasteiger partial charge is 0.479 e. The van der Waals surface area contributed by atoms with Crippen molar-refractivity contribution in [2.45, 2.75) is 302 Å². The first-order chi connectivity index (χ1) is 37.6. The van der Waals surface area contributed by atoms with Gasteiger partial charge in [-0.25, -0.2) is 4.79 Å². The number of allylic oxidation sites excluding steroid dienone is 12. The molecule has 1 rings (SSSR count). The highest BCUT2D eigenvalue weighted by Gasteiger charge is 2.50. The zero-order valence-electron chi connectivity index (χ0n) is 48.7. The molecule has 0 saturated carbocycles. The lowest BCUT2D eigenvalue weighted by Crippen LogP contribution is -2.61. The van der Waals surface area contributed by atoms with Crippen molar-refractivity contribution in [1.82, 2.24) is 0 Å². The van der Waals surface area contributed by atoms with Crippen LogP contribution in [0.3, 0.4) is 0 Å². The Morgan fingerprint density at radius 1 is 0.442 bits per heavy atom. The number of carboxylic acids is 1. The van der Waals surface area contributed by atoms with Crippen molar-refractivity contribution in [2.75, 3.05) is 13.2 Å². The predicted molar refractivity (Wildman–Crippen MR) is 312 cm³/mol. The van der Waals surface area contributed by atoms with Crippen LogP contribution in [0.1, 0.15) is 265 Å². The number of aliphatic carboxylic acids is 1. The minimum absolute atomic E-state index is 0.0466. The Morgan fingerprint density at radius 2 is 0.818 bits per heavy atom. The molecule has 12 heteroatoms. The van der Waals surface area contributed by atoms with E-state index < -0.39 is 67.3 Å². The molecule has 1 heterocycles. The maximum absolute atomic E-state index is 13.2. The van der Waals surface area contributed by atoms with Crippen molar-refractivity contribution in [2.24, 2.45) is 0 Å². The Hall–Kier alpha value is -3.84. The second-order valence-electron chi connectivity index (χ2n) is 21.0. The summed E-state index contributed by atoms with van der Waals surface area (Å²) in [4.78, 5) is 51.2. The van der Waals surface area contributed by atoms with Crippen molar-refractivity contribution < 1.29 is 58.2 Å². The van der Waals surface area contributed by atoms with Crippen LogP contribution in [0.5, 0.6) is 0 Å². The quantitative estimate of drug-likeness (QED) is 0.0228. The molecule has 0 radical (unpaired) electrons. The molecule has 1 aliphatic rings. The van der Waals surface area contributed by atoms with E-state index >= 15 is 0 Å². The molecule has 6 atom stereocenters. The van der Waals surface area contributed by atoms with Crippen molar-refractivity contribution >= 4 is 23.9 Å². The van der Waals surface area contributed by atoms with Crippen LogP contribution < -0.4 is 0 Å². The lowest BCUT2D eigenvalue weighted by atomic mass is 9.98. The van der Waals surface area contributed by atoms with E-state index in [1.807, 2.05) is 0 Å². The molecule has 1 saturated heterocycles. The second-order valence-corrected chi connectivity index (χ2v) is 21.0. The van der Waals surface area contributed by atoms with Crippen LogP contribution in [-0.4, -0.2) is 89.2 Å². The van der Waals surface area contributed by atoms with E-state index in [0.717, 1.165) is 109 Å². The summed E-state index contributed by atoms with van der Waals surface area (Å²) in [5, 5.41) is 31.5. The van der Waals surface area contributed by atoms with Gasteiger partial charge in [0.25, 0.3) is 0 Å². The van der Waals surface area contributed by atoms with E-state index in [1.165, 1.54) is 96.3 Å². The molecule has 0 amide bonds. The molecule has 0 aliphatic carbocycles. The number of hydrogen-bond acceptors (Lipinski definition) is 11. The van der Waals surface area contributed by atoms with Crippen LogP contribution in [0.15, 0.2) is 72.9 Å². The number of hydrogen-bond donors (Lipinski definition) is 3. The number of aliphatic hydroxyl groups is 2. The first-order valence-electron chi connectivity index (χ1n) is 30.9. The number of rotatable bonds is 52. The van der Waals surface area contributed by atoms with Gasteiger partial charge in [0.1, 0.15) is 18.8 Å². The van der Waals surface area contributed by atoms with Gasteiger partial charge in [0, 0.05) is 19.3 Å². The van der Waals surface area contributed by atoms with Gasteiger partial charge in [0.2, 0.25) is 0 Å². The Bertz CT molecular complexity index is 1620. The molecule has 0 bridgehead atoms. The summed E-state index contributed by atoms with van der Waals surface area (Å²) in [6.07, 6.45) is 54.4. The van der Waals surface area contributed by atoms with Crippen LogP contribution in [-0.2, 0) is 42.9 Å². The molecule has 0 aromatic heterocycles. The molecule has 0 aromatic rings. The third kappa shape index (κ3) is 42.7. The fourth-order valence-corrected chi connectivity index (χ4v) is 9.04. The summed E-state index contributed by atoms with van der Waals surface area (Å²) >= 11 is 0. The normalized spacial score (nSPS) is 18.5. The molecular weight excluding hydrogens is 973 g/mol. The third-order valence-corrected chi connectivity index (χ3v) is 13.8. The van der Waals surface area contributed by atoms with E-state index in [0.29, 0.717) is 19.3 Å². The number of carboxylic acid groups (broad SMARTS) is 1. The molecule has 1 aliphatic heterocycles. The number of unbranched alkanes of at least 4 members (excludes halogenated alkanes) is 26. The summed E-state index contributed by atoms with van der Waals surface area (Å²) in [6, 6.07) is 0. The first kappa shape index (κ1) is 71.2. The topological polar surface area (TPSA) is 175 Å². The summed E-state index contributed by atoms with van der Waals surface area (Å²) < 4.78 is 28.4. The van der Waals surface area contributed by atoms with Gasteiger partial charge < -0.3 is 39.0 Å². The SMILES string of the molecule is CC/C=C\C/C=C\C/C=C\C/C=C\C/C=C\CCCCCC(=O)OCC(COC1OC(C(=O)O)C(O)C(O)C1OC(=O)CCCCCCC/C=C\CCCCCC)OC(=O)CCCCCCCCCCCCCCCCC. The van der Waals surface area contributed by atoms with Gasteiger partial charge in [-0.05, 0) is 89.9 Å². The van der Waals surface area contributed by atoms with E-state index in [4.69, 9.17) is 23.7 Å². The van der Waals surface area contributed by atoms with E-state index in [9.17, 15) is 34.5 Å². The maximum atomic E-state index is 13.2. The Balaban J connectivity index is 2.70. The van der Waals surface area contributed by atoms with Gasteiger partial charge >= 0.3 is 23.9 Å². The standard InChI is InChI=1S/C65H110O12/c1-4-7-10-13-16-19-22-25-27-28-29-30-32-34-36-39-42-45-48-51-57(66)73-54-56(75-58(67)52-49-46-43-40-38-35-31-26-23-20-17-14-11-8-5-2)55-74-65-63(61(70)60(69)62(77-65)64(71)72)76-59(68)53-50-47-44-41-37-33-24-21-18-15-12-9-6-3/h7,10,16,19,21,24-25,27,29-30,34,36,56,60-63,65,69-70H,4-6,8-9,11-15,17-18,20,22-23,26,28,31-33,35,37-55H2,1-3H3,(H,71,72)/b10-7-,19-16-,24-21-,27-25-,30-29-,36-34-. The van der Waals surface area contributed by atoms with Crippen LogP contribution in [0.2, 0.25) is 0 Å². The lowest BCUT2D eigenvalue weighted by molar-refractivity contribution is -0.301. The highest BCUT2D eigenvalue weighted by atomic mass is 16.7. The molecule has 77 heavy (non-hydrogen) atoms. The Morgan fingerprint density at radius 3 is 1.29 bits per heavy atom. The molecule has 442 valence electrons. The number of esters is 3. The zero-order valence-corrected chi connectivity index (χ0v) is 48.7. The minimum atomic E-state index is -1.91. The highest BCUT2D eigenvalue weighted by Crippen LogP contribution is 2.26. The second kappa shape index (κ2) is 52.8. The van der Waals surface area contributed by atoms with Gasteiger partial charge in [-0.2, -0.15) is 0 Å². The monoisotopic (exact) mass is 1080 g/mol. The van der Waals surface area contributed by atoms with Crippen LogP contribution in [0, 0.1) is 0 Å². The van der Waals surface area contributed by atoms with Gasteiger partial charge in [0.15, 0.2) is 24.6 Å². The summed E-state index contributed by atoms with van der Waals surface area (Å²) in [5.41, 5.74) is 0. The fourth-order valence-electron chi connectivity index (χ4n) is 9.04. The smallest absolute Gasteiger partial charge is 0.335 e. The van der Waals surface area contributed by atoms with E-state index in [1.54, 1.807) is 0 Å². The van der Waals surface area contributed by atoms with E-state index in [-0.39, 0.29) is 25.9 Å². The third-order valence-electron chi connectivity index (χ3n) is 13.8. The average molecular weight is 1080 g/mol. The summed E-state index contributed by atoms with van der Waals surface area (Å²) in [7, 11) is 0. The predicted octanol–water partition coefficient (Wildman–Crippen LogP) is 16.1.